The van der Waals surface area contributed by atoms with Gasteiger partial charge in [0.2, 0.25) is 5.91 Å². The van der Waals surface area contributed by atoms with Gasteiger partial charge in [-0.3, -0.25) is 9.59 Å². The fraction of sp³-hybridized carbons (Fsp3) is 0.158. The van der Waals surface area contributed by atoms with Crippen LogP contribution in [0.2, 0.25) is 0 Å². The average Bonchev–Trinajstić information content (AvgIpc) is 3.21. The summed E-state index contributed by atoms with van der Waals surface area (Å²) in [4.78, 5) is 29.2. The lowest BCUT2D eigenvalue weighted by Gasteiger charge is -2.21. The van der Waals surface area contributed by atoms with E-state index in [2.05, 4.69) is 20.7 Å². The van der Waals surface area contributed by atoms with Crippen LogP contribution in [0.25, 0.3) is 0 Å². The van der Waals surface area contributed by atoms with Crippen molar-refractivity contribution in [2.75, 3.05) is 5.32 Å². The molecule has 0 unspecified atom stereocenters. The van der Waals surface area contributed by atoms with Crippen molar-refractivity contribution < 1.29 is 9.59 Å². The molecule has 0 aliphatic carbocycles. The number of amides is 2. The van der Waals surface area contributed by atoms with E-state index in [4.69, 9.17) is 0 Å². The first kappa shape index (κ1) is 17.3. The van der Waals surface area contributed by atoms with E-state index >= 15 is 0 Å². The van der Waals surface area contributed by atoms with Crippen molar-refractivity contribution in [3.05, 3.63) is 78.9 Å². The van der Waals surface area contributed by atoms with Crippen molar-refractivity contribution in [1.29, 1.82) is 0 Å². The highest BCUT2D eigenvalue weighted by molar-refractivity contribution is 5.98. The Morgan fingerprint density at radius 1 is 0.962 bits per heavy atom. The highest BCUT2D eigenvalue weighted by atomic mass is 16.2. The number of rotatable bonds is 6. The van der Waals surface area contributed by atoms with Gasteiger partial charge in [-0.2, -0.15) is 5.10 Å². The molecule has 1 aromatic heterocycles. The molecule has 0 saturated heterocycles. The van der Waals surface area contributed by atoms with Crippen molar-refractivity contribution in [3.8, 4) is 0 Å². The van der Waals surface area contributed by atoms with Gasteiger partial charge in [0.15, 0.2) is 0 Å². The molecule has 7 nitrogen and oxygen atoms in total. The molecule has 0 aliphatic rings. The Morgan fingerprint density at radius 2 is 1.62 bits per heavy atom. The Morgan fingerprint density at radius 3 is 2.23 bits per heavy atom. The molecule has 2 amide bonds. The molecule has 0 spiro atoms. The van der Waals surface area contributed by atoms with Gasteiger partial charge in [-0.05, 0) is 24.6 Å². The molecule has 0 bridgehead atoms. The van der Waals surface area contributed by atoms with E-state index in [1.807, 2.05) is 36.4 Å². The van der Waals surface area contributed by atoms with E-state index in [0.29, 0.717) is 11.3 Å². The molecule has 26 heavy (non-hydrogen) atoms. The van der Waals surface area contributed by atoms with E-state index in [0.717, 1.165) is 0 Å². The van der Waals surface area contributed by atoms with Gasteiger partial charge in [-0.25, -0.2) is 9.67 Å². The standard InChI is InChI=1S/C19H19N5O2/c1-14(24-13-20-12-21-24)18(25)23-17(15-8-4-2-5-9-15)19(26)22-16-10-6-3-7-11-16/h2-14,17H,1H3,(H,22,26)(H,23,25)/t14-,17-/m1/s1. The van der Waals surface area contributed by atoms with Crippen molar-refractivity contribution in [2.24, 2.45) is 0 Å². The third kappa shape index (κ3) is 4.13. The summed E-state index contributed by atoms with van der Waals surface area (Å²) in [5.41, 5.74) is 1.36. The zero-order valence-electron chi connectivity index (χ0n) is 14.2. The normalized spacial score (nSPS) is 12.8. The van der Waals surface area contributed by atoms with Crippen LogP contribution in [0.3, 0.4) is 0 Å². The third-order valence-corrected chi connectivity index (χ3v) is 3.94. The Balaban J connectivity index is 1.79. The van der Waals surface area contributed by atoms with Gasteiger partial charge in [-0.15, -0.1) is 0 Å². The molecule has 2 N–H and O–H groups in total. The Bertz CT molecular complexity index is 850. The van der Waals surface area contributed by atoms with Gasteiger partial charge in [-0.1, -0.05) is 48.5 Å². The number of carbonyl (C=O) groups excluding carboxylic acids is 2. The molecular weight excluding hydrogens is 330 g/mol. The highest BCUT2D eigenvalue weighted by Crippen LogP contribution is 2.17. The summed E-state index contributed by atoms with van der Waals surface area (Å²) >= 11 is 0. The second-order valence-electron chi connectivity index (χ2n) is 5.76. The van der Waals surface area contributed by atoms with Crippen LogP contribution in [0.1, 0.15) is 24.6 Å². The molecule has 0 fully saturated rings. The molecule has 0 radical (unpaired) electrons. The van der Waals surface area contributed by atoms with Crippen LogP contribution in [-0.2, 0) is 9.59 Å². The summed E-state index contributed by atoms with van der Waals surface area (Å²) in [6.45, 7) is 1.70. The zero-order chi connectivity index (χ0) is 18.4. The molecule has 2 atom stereocenters. The van der Waals surface area contributed by atoms with E-state index in [1.165, 1.54) is 17.3 Å². The maximum absolute atomic E-state index is 12.8. The molecular formula is C19H19N5O2. The van der Waals surface area contributed by atoms with Gasteiger partial charge in [0, 0.05) is 5.69 Å². The first-order chi connectivity index (χ1) is 12.6. The van der Waals surface area contributed by atoms with Crippen molar-refractivity contribution in [1.82, 2.24) is 20.1 Å². The van der Waals surface area contributed by atoms with Crippen LogP contribution >= 0.6 is 0 Å². The summed E-state index contributed by atoms with van der Waals surface area (Å²) in [5, 5.41) is 9.61. The quantitative estimate of drug-likeness (QED) is 0.715. The van der Waals surface area contributed by atoms with Gasteiger partial charge >= 0.3 is 0 Å². The number of nitrogens with zero attached hydrogens (tertiary/aromatic N) is 3. The molecule has 7 heteroatoms. The first-order valence-corrected chi connectivity index (χ1v) is 8.20. The zero-order valence-corrected chi connectivity index (χ0v) is 14.2. The predicted molar refractivity (Wildman–Crippen MR) is 97.1 cm³/mol. The maximum Gasteiger partial charge on any atom is 0.251 e. The van der Waals surface area contributed by atoms with Gasteiger partial charge < -0.3 is 10.6 Å². The largest absolute Gasteiger partial charge is 0.339 e. The van der Waals surface area contributed by atoms with Crippen LogP contribution in [0, 0.1) is 0 Å². The van der Waals surface area contributed by atoms with Gasteiger partial charge in [0.05, 0.1) is 0 Å². The Hall–Kier alpha value is -3.48. The minimum Gasteiger partial charge on any atom is -0.339 e. The number of aromatic nitrogens is 3. The second kappa shape index (κ2) is 8.06. The number of hydrogen-bond acceptors (Lipinski definition) is 4. The number of nitrogens with one attached hydrogen (secondary N) is 2. The number of anilines is 1. The van der Waals surface area contributed by atoms with Crippen LogP contribution < -0.4 is 10.6 Å². The predicted octanol–water partition coefficient (Wildman–Crippen LogP) is 2.34. The fourth-order valence-corrected chi connectivity index (χ4v) is 2.48. The van der Waals surface area contributed by atoms with Crippen LogP contribution in [0.5, 0.6) is 0 Å². The lowest BCUT2D eigenvalue weighted by Crippen LogP contribution is -2.40. The van der Waals surface area contributed by atoms with E-state index < -0.39 is 12.1 Å². The lowest BCUT2D eigenvalue weighted by atomic mass is 10.1. The first-order valence-electron chi connectivity index (χ1n) is 8.20. The monoisotopic (exact) mass is 349 g/mol. The molecule has 1 heterocycles. The summed E-state index contributed by atoms with van der Waals surface area (Å²) in [6.07, 6.45) is 2.83. The minimum atomic E-state index is -0.824. The van der Waals surface area contributed by atoms with E-state index in [1.54, 1.807) is 31.2 Å². The topological polar surface area (TPSA) is 88.9 Å². The third-order valence-electron chi connectivity index (χ3n) is 3.94. The lowest BCUT2D eigenvalue weighted by molar-refractivity contribution is -0.128. The number of carbonyl (C=O) groups is 2. The molecule has 0 aliphatic heterocycles. The van der Waals surface area contributed by atoms with Crippen LogP contribution in [-0.4, -0.2) is 26.6 Å². The summed E-state index contributed by atoms with van der Waals surface area (Å²) in [6, 6.07) is 16.8. The van der Waals surface area contributed by atoms with Crippen molar-refractivity contribution >= 4 is 17.5 Å². The molecule has 3 aromatic rings. The maximum atomic E-state index is 12.8. The highest BCUT2D eigenvalue weighted by Gasteiger charge is 2.26. The number of benzene rings is 2. The Labute approximate surface area is 151 Å². The fourth-order valence-electron chi connectivity index (χ4n) is 2.48. The average molecular weight is 349 g/mol. The van der Waals surface area contributed by atoms with Crippen LogP contribution in [0.15, 0.2) is 73.3 Å². The van der Waals surface area contributed by atoms with Crippen molar-refractivity contribution in [3.63, 3.8) is 0 Å². The molecule has 2 aromatic carbocycles. The number of para-hydroxylation sites is 1. The second-order valence-corrected chi connectivity index (χ2v) is 5.76. The van der Waals surface area contributed by atoms with E-state index in [9.17, 15) is 9.59 Å². The molecule has 132 valence electrons. The minimum absolute atomic E-state index is 0.318. The molecule has 0 saturated carbocycles. The van der Waals surface area contributed by atoms with Crippen LogP contribution in [0.4, 0.5) is 5.69 Å². The summed E-state index contributed by atoms with van der Waals surface area (Å²) < 4.78 is 1.44. The van der Waals surface area contributed by atoms with E-state index in [-0.39, 0.29) is 11.8 Å². The smallest absolute Gasteiger partial charge is 0.251 e. The summed E-state index contributed by atoms with van der Waals surface area (Å²) in [5.74, 6) is -0.644. The van der Waals surface area contributed by atoms with Crippen molar-refractivity contribution in [2.45, 2.75) is 19.0 Å². The summed E-state index contributed by atoms with van der Waals surface area (Å²) in [7, 11) is 0. The van der Waals surface area contributed by atoms with Gasteiger partial charge in [0.1, 0.15) is 24.7 Å². The number of hydrogen-bond donors (Lipinski definition) is 2. The SMILES string of the molecule is C[C@H](C(=O)N[C@@H](C(=O)Nc1ccccc1)c1ccccc1)n1cncn1. The molecule has 3 rings (SSSR count). The Kier molecular flexibility index (Phi) is 5.38. The van der Waals surface area contributed by atoms with Gasteiger partial charge in [0.25, 0.3) is 5.91 Å².